The summed E-state index contributed by atoms with van der Waals surface area (Å²) >= 11 is 0. The van der Waals surface area contributed by atoms with Crippen molar-refractivity contribution < 1.29 is 27.5 Å². The summed E-state index contributed by atoms with van der Waals surface area (Å²) in [5.41, 5.74) is -0.0141. The third kappa shape index (κ3) is 2.75. The summed E-state index contributed by atoms with van der Waals surface area (Å²) in [4.78, 5) is 13.2. The summed E-state index contributed by atoms with van der Waals surface area (Å²) in [5, 5.41) is 8.26. The van der Waals surface area contributed by atoms with E-state index in [1.54, 1.807) is 0 Å². The van der Waals surface area contributed by atoms with Crippen molar-refractivity contribution in [3.8, 4) is 0 Å². The number of carboxylic acid groups (broad SMARTS) is 1. The van der Waals surface area contributed by atoms with Crippen LogP contribution in [0.15, 0.2) is 10.7 Å². The van der Waals surface area contributed by atoms with Gasteiger partial charge in [-0.15, -0.1) is 0 Å². The third-order valence-corrected chi connectivity index (χ3v) is 1.39. The van der Waals surface area contributed by atoms with E-state index in [4.69, 9.17) is 5.11 Å². The van der Waals surface area contributed by atoms with E-state index in [0.717, 1.165) is 6.26 Å². The van der Waals surface area contributed by atoms with E-state index in [2.05, 4.69) is 9.40 Å². The number of halogens is 3. The Labute approximate surface area is 76.4 Å². The van der Waals surface area contributed by atoms with Crippen LogP contribution in [0.1, 0.15) is 18.0 Å². The first-order valence-corrected chi connectivity index (χ1v) is 3.63. The van der Waals surface area contributed by atoms with E-state index in [-0.39, 0.29) is 18.5 Å². The Morgan fingerprint density at radius 2 is 2.21 bits per heavy atom. The molecule has 0 saturated heterocycles. The molecule has 0 atom stereocenters. The number of aryl methyl sites for hydroxylation is 1. The standard InChI is InChI=1S/C7H6F3NO3/c8-7(9,10)6-11-4(3-14-6)1-2-5(12)13/h3H,1-2H2,(H,12,13). The summed E-state index contributed by atoms with van der Waals surface area (Å²) in [7, 11) is 0. The SMILES string of the molecule is O=C(O)CCc1coc(C(F)(F)F)n1. The van der Waals surface area contributed by atoms with Gasteiger partial charge >= 0.3 is 18.0 Å². The average molecular weight is 209 g/mol. The van der Waals surface area contributed by atoms with Crippen LogP contribution in [0, 0.1) is 0 Å². The molecule has 0 aromatic carbocycles. The predicted molar refractivity (Wildman–Crippen MR) is 37.5 cm³/mol. The van der Waals surface area contributed by atoms with E-state index in [1.807, 2.05) is 0 Å². The number of carbonyl (C=O) groups is 1. The molecule has 0 aliphatic rings. The molecule has 0 saturated carbocycles. The number of hydrogen-bond donors (Lipinski definition) is 1. The summed E-state index contributed by atoms with van der Waals surface area (Å²) < 4.78 is 39.9. The molecule has 14 heavy (non-hydrogen) atoms. The van der Waals surface area contributed by atoms with Gasteiger partial charge in [-0.25, -0.2) is 4.98 Å². The number of alkyl halides is 3. The highest BCUT2D eigenvalue weighted by atomic mass is 19.4. The van der Waals surface area contributed by atoms with Crippen molar-refractivity contribution in [3.63, 3.8) is 0 Å². The second kappa shape index (κ2) is 3.69. The largest absolute Gasteiger partial charge is 0.481 e. The fourth-order valence-corrected chi connectivity index (χ4v) is 0.787. The normalized spacial score (nSPS) is 11.6. The Morgan fingerprint density at radius 1 is 1.57 bits per heavy atom. The molecular weight excluding hydrogens is 203 g/mol. The zero-order valence-electron chi connectivity index (χ0n) is 6.84. The monoisotopic (exact) mass is 209 g/mol. The van der Waals surface area contributed by atoms with Crippen molar-refractivity contribution in [1.29, 1.82) is 0 Å². The van der Waals surface area contributed by atoms with Crippen LogP contribution in [0.25, 0.3) is 0 Å². The smallest absolute Gasteiger partial charge is 0.468 e. The molecule has 0 amide bonds. The minimum atomic E-state index is -4.62. The van der Waals surface area contributed by atoms with Gasteiger partial charge in [-0.1, -0.05) is 0 Å². The Bertz CT molecular complexity index is 331. The van der Waals surface area contributed by atoms with Crippen molar-refractivity contribution in [1.82, 2.24) is 4.98 Å². The fraction of sp³-hybridized carbons (Fsp3) is 0.429. The second-order valence-corrected chi connectivity index (χ2v) is 2.54. The number of carboxylic acids is 1. The fourth-order valence-electron chi connectivity index (χ4n) is 0.787. The first-order chi connectivity index (χ1) is 6.39. The van der Waals surface area contributed by atoms with Gasteiger partial charge in [-0.05, 0) is 0 Å². The maximum Gasteiger partial charge on any atom is 0.468 e. The van der Waals surface area contributed by atoms with Crippen LogP contribution in [0.4, 0.5) is 13.2 Å². The Hall–Kier alpha value is -1.53. The molecule has 0 aliphatic heterocycles. The first-order valence-electron chi connectivity index (χ1n) is 3.63. The van der Waals surface area contributed by atoms with Crippen LogP contribution in [0.3, 0.4) is 0 Å². The second-order valence-electron chi connectivity index (χ2n) is 2.54. The lowest BCUT2D eigenvalue weighted by Crippen LogP contribution is -2.05. The topological polar surface area (TPSA) is 63.3 Å². The average Bonchev–Trinajstić information content (AvgIpc) is 2.47. The van der Waals surface area contributed by atoms with E-state index in [0.29, 0.717) is 0 Å². The lowest BCUT2D eigenvalue weighted by Gasteiger charge is -1.97. The highest BCUT2D eigenvalue weighted by molar-refractivity contribution is 5.66. The molecule has 1 N–H and O–H groups in total. The summed E-state index contributed by atoms with van der Waals surface area (Å²) in [6, 6.07) is 0. The quantitative estimate of drug-likeness (QED) is 0.822. The van der Waals surface area contributed by atoms with Gasteiger partial charge in [-0.3, -0.25) is 4.79 Å². The van der Waals surface area contributed by atoms with Gasteiger partial charge in [0.2, 0.25) is 0 Å². The molecular formula is C7H6F3NO3. The molecule has 1 rings (SSSR count). The minimum Gasteiger partial charge on any atom is -0.481 e. The van der Waals surface area contributed by atoms with Crippen LogP contribution in [0.5, 0.6) is 0 Å². The maximum absolute atomic E-state index is 11.9. The lowest BCUT2D eigenvalue weighted by atomic mass is 10.2. The summed E-state index contributed by atoms with van der Waals surface area (Å²) in [6.07, 6.45) is -4.16. The van der Waals surface area contributed by atoms with Crippen molar-refractivity contribution in [2.75, 3.05) is 0 Å². The molecule has 1 heterocycles. The predicted octanol–water partition coefficient (Wildman–Crippen LogP) is 1.71. The van der Waals surface area contributed by atoms with Crippen molar-refractivity contribution in [2.45, 2.75) is 19.0 Å². The number of oxazole rings is 1. The van der Waals surface area contributed by atoms with Gasteiger partial charge in [0.15, 0.2) is 0 Å². The molecule has 1 aromatic heterocycles. The van der Waals surface area contributed by atoms with E-state index in [1.165, 1.54) is 0 Å². The highest BCUT2D eigenvalue weighted by Gasteiger charge is 2.37. The van der Waals surface area contributed by atoms with Crippen molar-refractivity contribution >= 4 is 5.97 Å². The minimum absolute atomic E-state index is 0.0141. The Balaban J connectivity index is 2.64. The Morgan fingerprint density at radius 3 is 2.64 bits per heavy atom. The lowest BCUT2D eigenvalue weighted by molar-refractivity contribution is -0.157. The zero-order chi connectivity index (χ0) is 10.8. The molecule has 0 unspecified atom stereocenters. The van der Waals surface area contributed by atoms with Gasteiger partial charge in [0.25, 0.3) is 0 Å². The third-order valence-electron chi connectivity index (χ3n) is 1.39. The zero-order valence-corrected chi connectivity index (χ0v) is 6.84. The van der Waals surface area contributed by atoms with Crippen molar-refractivity contribution in [2.24, 2.45) is 0 Å². The maximum atomic E-state index is 11.9. The van der Waals surface area contributed by atoms with Crippen LogP contribution >= 0.6 is 0 Å². The molecule has 0 spiro atoms. The number of aromatic nitrogens is 1. The van der Waals surface area contributed by atoms with Gasteiger partial charge < -0.3 is 9.52 Å². The van der Waals surface area contributed by atoms with Crippen LogP contribution < -0.4 is 0 Å². The molecule has 7 heteroatoms. The molecule has 0 fully saturated rings. The molecule has 4 nitrogen and oxygen atoms in total. The van der Waals surface area contributed by atoms with E-state index >= 15 is 0 Å². The molecule has 0 bridgehead atoms. The molecule has 0 aliphatic carbocycles. The number of hydrogen-bond acceptors (Lipinski definition) is 3. The van der Waals surface area contributed by atoms with Crippen LogP contribution in [-0.2, 0) is 17.4 Å². The molecule has 78 valence electrons. The Kier molecular flexibility index (Phi) is 2.78. The first kappa shape index (κ1) is 10.6. The van der Waals surface area contributed by atoms with Gasteiger partial charge in [0, 0.05) is 6.42 Å². The number of nitrogens with zero attached hydrogens (tertiary/aromatic N) is 1. The highest BCUT2D eigenvalue weighted by Crippen LogP contribution is 2.28. The number of rotatable bonds is 3. The van der Waals surface area contributed by atoms with Gasteiger partial charge in [-0.2, -0.15) is 13.2 Å². The van der Waals surface area contributed by atoms with E-state index < -0.39 is 18.0 Å². The van der Waals surface area contributed by atoms with Crippen LogP contribution in [0.2, 0.25) is 0 Å². The van der Waals surface area contributed by atoms with Gasteiger partial charge in [0.05, 0.1) is 12.1 Å². The van der Waals surface area contributed by atoms with Crippen LogP contribution in [-0.4, -0.2) is 16.1 Å². The molecule has 1 aromatic rings. The molecule has 0 radical (unpaired) electrons. The van der Waals surface area contributed by atoms with Gasteiger partial charge in [0.1, 0.15) is 6.26 Å². The summed E-state index contributed by atoms with van der Waals surface area (Å²) in [5.74, 6) is -2.44. The number of aliphatic carboxylic acids is 1. The summed E-state index contributed by atoms with van der Waals surface area (Å²) in [6.45, 7) is 0. The van der Waals surface area contributed by atoms with Crippen molar-refractivity contribution in [3.05, 3.63) is 17.8 Å². The van der Waals surface area contributed by atoms with E-state index in [9.17, 15) is 18.0 Å².